The molecule has 14 heteroatoms. The maximum atomic E-state index is 13.1. The van der Waals surface area contributed by atoms with Gasteiger partial charge in [0.2, 0.25) is 5.85 Å². The third-order valence-electron chi connectivity index (χ3n) is 3.45. The Labute approximate surface area is 179 Å². The summed E-state index contributed by atoms with van der Waals surface area (Å²) in [7, 11) is -2.36. The molecule has 0 saturated heterocycles. The molecule has 0 amide bonds. The van der Waals surface area contributed by atoms with Crippen LogP contribution in [-0.4, -0.2) is 74.8 Å². The second kappa shape index (κ2) is 13.0. The lowest BCUT2D eigenvalue weighted by molar-refractivity contribution is -0.198. The Kier molecular flexibility index (Phi) is 12.0. The monoisotopic (exact) mass is 470 g/mol. The molecule has 0 spiro atoms. The van der Waals surface area contributed by atoms with E-state index in [1.54, 1.807) is 0 Å². The molecular formula is C17H27O13P. The van der Waals surface area contributed by atoms with E-state index in [-0.39, 0.29) is 0 Å². The van der Waals surface area contributed by atoms with E-state index in [1.165, 1.54) is 0 Å². The van der Waals surface area contributed by atoms with Gasteiger partial charge < -0.3 is 32.7 Å². The largest absolute Gasteiger partial charge is 0.462 e. The first-order chi connectivity index (χ1) is 14.3. The minimum absolute atomic E-state index is 0.637. The minimum Gasteiger partial charge on any atom is -0.462 e. The Bertz CT molecular complexity index is 711. The van der Waals surface area contributed by atoms with Crippen molar-refractivity contribution in [3.8, 4) is 0 Å². The molecule has 0 bridgehead atoms. The summed E-state index contributed by atoms with van der Waals surface area (Å²) in [4.78, 5) is 58.0. The van der Waals surface area contributed by atoms with E-state index in [4.69, 9.17) is 32.7 Å². The molecule has 0 saturated carbocycles. The van der Waals surface area contributed by atoms with Crippen molar-refractivity contribution in [2.75, 3.05) is 20.8 Å². The number of carbonyl (C=O) groups is 5. The van der Waals surface area contributed by atoms with Crippen LogP contribution in [-0.2, 0) is 61.3 Å². The van der Waals surface area contributed by atoms with Crippen molar-refractivity contribution in [3.63, 3.8) is 0 Å². The number of esters is 5. The van der Waals surface area contributed by atoms with Gasteiger partial charge in [0.05, 0.1) is 0 Å². The summed E-state index contributed by atoms with van der Waals surface area (Å²) in [6.07, 6.45) is -5.14. The molecule has 0 aliphatic rings. The predicted molar refractivity (Wildman–Crippen MR) is 100 cm³/mol. The summed E-state index contributed by atoms with van der Waals surface area (Å²) in [5.74, 6) is -6.45. The number of ether oxygens (including phenoxy) is 5. The first kappa shape index (κ1) is 28.5. The summed E-state index contributed by atoms with van der Waals surface area (Å²) in [5, 5.41) is 0. The average molecular weight is 470 g/mol. The van der Waals surface area contributed by atoms with Crippen molar-refractivity contribution in [3.05, 3.63) is 0 Å². The van der Waals surface area contributed by atoms with Crippen LogP contribution in [0.1, 0.15) is 34.6 Å². The van der Waals surface area contributed by atoms with E-state index in [9.17, 15) is 28.5 Å². The van der Waals surface area contributed by atoms with E-state index in [0.29, 0.717) is 0 Å². The van der Waals surface area contributed by atoms with E-state index < -0.39 is 68.2 Å². The smallest absolute Gasteiger partial charge is 0.374 e. The average Bonchev–Trinajstić information content (AvgIpc) is 2.64. The van der Waals surface area contributed by atoms with Gasteiger partial charge in [-0.15, -0.1) is 0 Å². The normalized spacial score (nSPS) is 14.9. The summed E-state index contributed by atoms with van der Waals surface area (Å²) in [5.41, 5.74) is 0. The lowest BCUT2D eigenvalue weighted by Crippen LogP contribution is -2.53. The van der Waals surface area contributed by atoms with Crippen molar-refractivity contribution in [2.45, 2.75) is 58.8 Å². The Morgan fingerprint density at radius 1 is 0.645 bits per heavy atom. The first-order valence-electron chi connectivity index (χ1n) is 8.80. The molecule has 0 aromatic rings. The third kappa shape index (κ3) is 9.90. The Morgan fingerprint density at radius 3 is 1.42 bits per heavy atom. The maximum Gasteiger partial charge on any atom is 0.374 e. The van der Waals surface area contributed by atoms with Crippen LogP contribution < -0.4 is 0 Å². The molecule has 178 valence electrons. The van der Waals surface area contributed by atoms with Gasteiger partial charge in [0.15, 0.2) is 18.3 Å². The van der Waals surface area contributed by atoms with E-state index in [0.717, 1.165) is 48.8 Å². The van der Waals surface area contributed by atoms with Crippen molar-refractivity contribution < 1.29 is 61.3 Å². The van der Waals surface area contributed by atoms with Gasteiger partial charge in [-0.2, -0.15) is 0 Å². The third-order valence-corrected chi connectivity index (χ3v) is 5.49. The molecule has 0 radical (unpaired) electrons. The number of carbonyl (C=O) groups excluding carboxylic acids is 5. The molecule has 0 unspecified atom stereocenters. The molecule has 0 aromatic carbocycles. The van der Waals surface area contributed by atoms with Gasteiger partial charge in [0.25, 0.3) is 0 Å². The quantitative estimate of drug-likeness (QED) is 0.222. The van der Waals surface area contributed by atoms with Crippen molar-refractivity contribution in [1.82, 2.24) is 0 Å². The highest BCUT2D eigenvalue weighted by Gasteiger charge is 2.52. The van der Waals surface area contributed by atoms with E-state index >= 15 is 0 Å². The van der Waals surface area contributed by atoms with Crippen LogP contribution in [0.2, 0.25) is 0 Å². The van der Waals surface area contributed by atoms with Crippen molar-refractivity contribution in [1.29, 1.82) is 0 Å². The molecule has 31 heavy (non-hydrogen) atoms. The molecule has 0 fully saturated rings. The van der Waals surface area contributed by atoms with Crippen molar-refractivity contribution in [2.24, 2.45) is 0 Å². The zero-order valence-corrected chi connectivity index (χ0v) is 19.2. The molecule has 0 aliphatic heterocycles. The van der Waals surface area contributed by atoms with Crippen molar-refractivity contribution >= 4 is 37.4 Å². The van der Waals surface area contributed by atoms with Gasteiger partial charge in [-0.05, 0) is 0 Å². The van der Waals surface area contributed by atoms with E-state index in [1.807, 2.05) is 0 Å². The topological polar surface area (TPSA) is 167 Å². The highest BCUT2D eigenvalue weighted by Crippen LogP contribution is 2.54. The van der Waals surface area contributed by atoms with Gasteiger partial charge in [-0.25, -0.2) is 0 Å². The van der Waals surface area contributed by atoms with Crippen LogP contribution in [0.4, 0.5) is 0 Å². The lowest BCUT2D eigenvalue weighted by atomic mass is 10.1. The molecule has 4 atom stereocenters. The Morgan fingerprint density at radius 2 is 1.06 bits per heavy atom. The second-order valence-corrected chi connectivity index (χ2v) is 8.32. The SMILES string of the molecule is COP(=O)(OC)[C@H](OC(C)=O)[C@@H](OC(C)=O)[C@H](OC(C)=O)[C@@H](COC(C)=O)OC(C)=O. The van der Waals surface area contributed by atoms with Gasteiger partial charge in [0, 0.05) is 48.8 Å². The highest BCUT2D eigenvalue weighted by atomic mass is 31.2. The summed E-state index contributed by atoms with van der Waals surface area (Å²) in [6.45, 7) is 4.38. The number of rotatable bonds is 12. The van der Waals surface area contributed by atoms with Crippen LogP contribution in [0, 0.1) is 0 Å². The van der Waals surface area contributed by atoms with Crippen LogP contribution in [0.15, 0.2) is 0 Å². The van der Waals surface area contributed by atoms with E-state index in [2.05, 4.69) is 0 Å². The van der Waals surface area contributed by atoms with Crippen LogP contribution in [0.25, 0.3) is 0 Å². The van der Waals surface area contributed by atoms with Gasteiger partial charge in [0.1, 0.15) is 6.61 Å². The summed E-state index contributed by atoms with van der Waals surface area (Å²) in [6, 6.07) is 0. The fourth-order valence-electron chi connectivity index (χ4n) is 2.40. The molecule has 0 N–H and O–H groups in total. The lowest BCUT2D eigenvalue weighted by Gasteiger charge is -2.36. The van der Waals surface area contributed by atoms with Gasteiger partial charge in [-0.1, -0.05) is 0 Å². The van der Waals surface area contributed by atoms with Gasteiger partial charge in [-0.3, -0.25) is 28.5 Å². The molecule has 0 aromatic heterocycles. The zero-order chi connectivity index (χ0) is 24.4. The molecule has 0 rings (SSSR count). The number of hydrogen-bond acceptors (Lipinski definition) is 13. The van der Waals surface area contributed by atoms with Crippen LogP contribution >= 0.6 is 7.60 Å². The fraction of sp³-hybridized carbons (Fsp3) is 0.706. The first-order valence-corrected chi connectivity index (χ1v) is 10.4. The standard InChI is InChI=1S/C17H27O13P/c1-9(18)26-8-14(27-10(2)19)15(28-11(3)20)16(29-12(4)21)17(30-13(5)22)31(23,24-6)25-7/h14-17H,8H2,1-7H3/t14-,15-,16+,17+/m1/s1. The maximum absolute atomic E-state index is 13.1. The van der Waals surface area contributed by atoms with Crippen LogP contribution in [0.3, 0.4) is 0 Å². The molecular weight excluding hydrogens is 443 g/mol. The fourth-order valence-corrected chi connectivity index (χ4v) is 3.83. The molecule has 0 aliphatic carbocycles. The second-order valence-electron chi connectivity index (χ2n) is 6.00. The number of hydrogen-bond donors (Lipinski definition) is 0. The van der Waals surface area contributed by atoms with Gasteiger partial charge >= 0.3 is 37.4 Å². The summed E-state index contributed by atoms with van der Waals surface area (Å²) >= 11 is 0. The Hall–Kier alpha value is -2.50. The molecule has 13 nitrogen and oxygen atoms in total. The predicted octanol–water partition coefficient (Wildman–Crippen LogP) is 0.720. The zero-order valence-electron chi connectivity index (χ0n) is 18.3. The Balaban J connectivity index is 6.62. The minimum atomic E-state index is -4.33. The van der Waals surface area contributed by atoms with Crippen LogP contribution in [0.5, 0.6) is 0 Å². The highest BCUT2D eigenvalue weighted by molar-refractivity contribution is 7.54. The summed E-state index contributed by atoms with van der Waals surface area (Å²) < 4.78 is 48.0. The molecule has 0 heterocycles.